The van der Waals surface area contributed by atoms with Crippen LogP contribution in [0.25, 0.3) is 0 Å². The average molecular weight is 285 g/mol. The number of nitrogen functional groups attached to an aromatic ring is 1. The summed E-state index contributed by atoms with van der Waals surface area (Å²) < 4.78 is 7.44. The average Bonchev–Trinajstić information content (AvgIpc) is 3.27. The zero-order valence-electron chi connectivity index (χ0n) is 12.7. The third-order valence-electron chi connectivity index (χ3n) is 4.07. The van der Waals surface area contributed by atoms with Crippen LogP contribution in [0.3, 0.4) is 0 Å². The third kappa shape index (κ3) is 2.95. The molecule has 1 aromatic carbocycles. The van der Waals surface area contributed by atoms with Crippen LogP contribution in [-0.4, -0.2) is 23.3 Å². The Morgan fingerprint density at radius 3 is 2.67 bits per heavy atom. The molecule has 1 unspecified atom stereocenters. The summed E-state index contributed by atoms with van der Waals surface area (Å²) in [6, 6.07) is 10.4. The number of hydrogen-bond acceptors (Lipinski definition) is 3. The van der Waals surface area contributed by atoms with E-state index >= 15 is 0 Å². The highest BCUT2D eigenvalue weighted by Crippen LogP contribution is 2.41. The number of nitrogens with zero attached hydrogens (tertiary/aromatic N) is 2. The number of methoxy groups -OCH3 is 1. The molecule has 1 aromatic heterocycles. The van der Waals surface area contributed by atoms with Gasteiger partial charge < -0.3 is 15.0 Å². The maximum absolute atomic E-state index is 6.39. The molecule has 4 nitrogen and oxygen atoms in total. The summed E-state index contributed by atoms with van der Waals surface area (Å²) in [7, 11) is 1.72. The van der Waals surface area contributed by atoms with Gasteiger partial charge in [0.2, 0.25) is 0 Å². The topological polar surface area (TPSA) is 53.1 Å². The molecule has 0 bridgehead atoms. The van der Waals surface area contributed by atoms with E-state index in [1.807, 2.05) is 6.07 Å². The molecule has 3 rings (SSSR count). The van der Waals surface area contributed by atoms with E-state index in [9.17, 15) is 0 Å². The molecule has 112 valence electrons. The number of rotatable bonds is 6. The van der Waals surface area contributed by atoms with E-state index in [0.717, 1.165) is 23.9 Å². The molecule has 2 aromatic rings. The highest BCUT2D eigenvalue weighted by Gasteiger charge is 2.31. The number of nitrogens with two attached hydrogens (primary N) is 1. The molecule has 4 heteroatoms. The lowest BCUT2D eigenvalue weighted by molar-refractivity contribution is 0.183. The summed E-state index contributed by atoms with van der Waals surface area (Å²) in [5.74, 6) is 2.75. The highest BCUT2D eigenvalue weighted by atomic mass is 16.5. The van der Waals surface area contributed by atoms with Crippen LogP contribution in [-0.2, 0) is 11.3 Å². The fourth-order valence-electron chi connectivity index (χ4n) is 2.78. The Morgan fingerprint density at radius 2 is 2.05 bits per heavy atom. The first-order valence-corrected chi connectivity index (χ1v) is 7.59. The van der Waals surface area contributed by atoms with Crippen LogP contribution in [0.2, 0.25) is 0 Å². The summed E-state index contributed by atoms with van der Waals surface area (Å²) >= 11 is 0. The van der Waals surface area contributed by atoms with Crippen molar-refractivity contribution in [2.24, 2.45) is 0 Å². The van der Waals surface area contributed by atoms with E-state index in [4.69, 9.17) is 15.5 Å². The number of anilines is 1. The van der Waals surface area contributed by atoms with Crippen LogP contribution < -0.4 is 5.73 Å². The van der Waals surface area contributed by atoms with Gasteiger partial charge in [0.1, 0.15) is 11.6 Å². The van der Waals surface area contributed by atoms with Crippen molar-refractivity contribution in [2.75, 3.05) is 19.5 Å². The number of ether oxygens (including phenoxy) is 1. The van der Waals surface area contributed by atoms with Gasteiger partial charge >= 0.3 is 0 Å². The monoisotopic (exact) mass is 285 g/mol. The van der Waals surface area contributed by atoms with Gasteiger partial charge in [0.05, 0.1) is 18.8 Å². The molecule has 1 saturated carbocycles. The largest absolute Gasteiger partial charge is 0.384 e. The van der Waals surface area contributed by atoms with Crippen LogP contribution >= 0.6 is 0 Å². The second kappa shape index (κ2) is 5.90. The minimum Gasteiger partial charge on any atom is -0.384 e. The van der Waals surface area contributed by atoms with Crippen LogP contribution in [0.4, 0.5) is 5.82 Å². The van der Waals surface area contributed by atoms with E-state index in [2.05, 4.69) is 35.8 Å². The van der Waals surface area contributed by atoms with Gasteiger partial charge in [0, 0.05) is 18.9 Å². The molecule has 0 radical (unpaired) electrons. The van der Waals surface area contributed by atoms with Gasteiger partial charge in [-0.25, -0.2) is 4.98 Å². The Morgan fingerprint density at radius 1 is 1.33 bits per heavy atom. The van der Waals surface area contributed by atoms with Crippen molar-refractivity contribution in [1.29, 1.82) is 0 Å². The van der Waals surface area contributed by atoms with Crippen LogP contribution in [0, 0.1) is 0 Å². The summed E-state index contributed by atoms with van der Waals surface area (Å²) in [4.78, 5) is 4.84. The molecule has 21 heavy (non-hydrogen) atoms. The normalized spacial score (nSPS) is 16.1. The third-order valence-corrected chi connectivity index (χ3v) is 4.07. The van der Waals surface area contributed by atoms with Crippen molar-refractivity contribution < 1.29 is 4.74 Å². The van der Waals surface area contributed by atoms with Crippen molar-refractivity contribution in [1.82, 2.24) is 9.55 Å². The molecule has 2 N–H and O–H groups in total. The number of hydrogen-bond donors (Lipinski definition) is 1. The molecule has 0 saturated heterocycles. The molecule has 0 amide bonds. The summed E-state index contributed by atoms with van der Waals surface area (Å²) in [5, 5.41) is 0. The Bertz CT molecular complexity index is 602. The van der Waals surface area contributed by atoms with Crippen molar-refractivity contribution in [3.05, 3.63) is 47.4 Å². The van der Waals surface area contributed by atoms with Crippen molar-refractivity contribution in [3.8, 4) is 0 Å². The van der Waals surface area contributed by atoms with Crippen molar-refractivity contribution in [3.63, 3.8) is 0 Å². The number of benzene rings is 1. The van der Waals surface area contributed by atoms with Gasteiger partial charge in [-0.05, 0) is 18.4 Å². The van der Waals surface area contributed by atoms with Gasteiger partial charge in [-0.2, -0.15) is 0 Å². The lowest BCUT2D eigenvalue weighted by Crippen LogP contribution is -2.09. The Balaban J connectivity index is 1.94. The zero-order chi connectivity index (χ0) is 14.8. The first kappa shape index (κ1) is 14.1. The van der Waals surface area contributed by atoms with Gasteiger partial charge in [0.25, 0.3) is 0 Å². The summed E-state index contributed by atoms with van der Waals surface area (Å²) in [6.45, 7) is 3.56. The van der Waals surface area contributed by atoms with E-state index < -0.39 is 0 Å². The smallest absolute Gasteiger partial charge is 0.127 e. The molecule has 1 aliphatic carbocycles. The minimum absolute atomic E-state index is 0.226. The van der Waals surface area contributed by atoms with Gasteiger partial charge in [-0.1, -0.05) is 37.3 Å². The second-order valence-electron chi connectivity index (χ2n) is 5.94. The SMILES string of the molecule is COCC(C)c1nc(C2CC2)n(Cc2ccccc2)c1N. The standard InChI is InChI=1S/C17H23N3O/c1-12(11-21-2)15-16(18)20(17(19-15)14-8-9-14)10-13-6-4-3-5-7-13/h3-7,12,14H,8-11,18H2,1-2H3. The number of imidazole rings is 1. The van der Waals surface area contributed by atoms with E-state index in [-0.39, 0.29) is 5.92 Å². The molecule has 1 atom stereocenters. The van der Waals surface area contributed by atoms with Crippen LogP contribution in [0.5, 0.6) is 0 Å². The molecule has 0 spiro atoms. The van der Waals surface area contributed by atoms with Gasteiger partial charge in [-0.3, -0.25) is 0 Å². The predicted octanol–water partition coefficient (Wildman–Crippen LogP) is 3.14. The van der Waals surface area contributed by atoms with Crippen LogP contribution in [0.15, 0.2) is 30.3 Å². The fourth-order valence-corrected chi connectivity index (χ4v) is 2.78. The van der Waals surface area contributed by atoms with Gasteiger partial charge in [-0.15, -0.1) is 0 Å². The summed E-state index contributed by atoms with van der Waals surface area (Å²) in [5.41, 5.74) is 8.63. The zero-order valence-corrected chi connectivity index (χ0v) is 12.7. The van der Waals surface area contributed by atoms with Crippen LogP contribution in [0.1, 0.15) is 48.7 Å². The molecular formula is C17H23N3O. The maximum Gasteiger partial charge on any atom is 0.127 e. The Hall–Kier alpha value is -1.81. The molecule has 1 aliphatic rings. The number of aromatic nitrogens is 2. The first-order chi connectivity index (χ1) is 10.2. The predicted molar refractivity (Wildman–Crippen MR) is 84.4 cm³/mol. The van der Waals surface area contributed by atoms with Gasteiger partial charge in [0.15, 0.2) is 0 Å². The minimum atomic E-state index is 0.226. The molecule has 0 aliphatic heterocycles. The van der Waals surface area contributed by atoms with E-state index in [1.165, 1.54) is 18.4 Å². The first-order valence-electron chi connectivity index (χ1n) is 7.59. The highest BCUT2D eigenvalue weighted by molar-refractivity contribution is 5.42. The van der Waals surface area contributed by atoms with Crippen molar-refractivity contribution >= 4 is 5.82 Å². The van der Waals surface area contributed by atoms with E-state index in [1.54, 1.807) is 7.11 Å². The van der Waals surface area contributed by atoms with E-state index in [0.29, 0.717) is 12.5 Å². The Kier molecular flexibility index (Phi) is 3.97. The lowest BCUT2D eigenvalue weighted by Gasteiger charge is -2.11. The quantitative estimate of drug-likeness (QED) is 0.887. The maximum atomic E-state index is 6.39. The lowest BCUT2D eigenvalue weighted by atomic mass is 10.1. The fraction of sp³-hybridized carbons (Fsp3) is 0.471. The molecule has 1 fully saturated rings. The molecular weight excluding hydrogens is 262 g/mol. The van der Waals surface area contributed by atoms with Crippen molar-refractivity contribution in [2.45, 2.75) is 38.1 Å². The molecule has 1 heterocycles. The second-order valence-corrected chi connectivity index (χ2v) is 5.94. The summed E-state index contributed by atoms with van der Waals surface area (Å²) in [6.07, 6.45) is 2.45. The Labute approximate surface area is 125 Å².